The van der Waals surface area contributed by atoms with E-state index >= 15 is 0 Å². The van der Waals surface area contributed by atoms with Gasteiger partial charge in [-0.3, -0.25) is 0 Å². The molecule has 0 saturated heterocycles. The first kappa shape index (κ1) is 15.8. The van der Waals surface area contributed by atoms with Crippen LogP contribution in [0.2, 0.25) is 0 Å². The van der Waals surface area contributed by atoms with Gasteiger partial charge in [-0.15, -0.1) is 0 Å². The van der Waals surface area contributed by atoms with E-state index in [1.807, 2.05) is 6.07 Å². The molecule has 4 nitrogen and oxygen atoms in total. The first-order valence-electron chi connectivity index (χ1n) is 7.74. The van der Waals surface area contributed by atoms with E-state index in [1.54, 1.807) is 18.2 Å². The van der Waals surface area contributed by atoms with Crippen molar-refractivity contribution < 1.29 is 9.84 Å². The second-order valence-electron chi connectivity index (χ2n) is 5.81. The molecule has 0 heterocycles. The van der Waals surface area contributed by atoms with Crippen LogP contribution in [0.5, 0.6) is 5.75 Å². The van der Waals surface area contributed by atoms with E-state index in [2.05, 4.69) is 18.3 Å². The summed E-state index contributed by atoms with van der Waals surface area (Å²) in [5.74, 6) is 1.26. The zero-order chi connectivity index (χ0) is 15.1. The normalized spacial score (nSPS) is 18.1. The molecule has 1 unspecified atom stereocenters. The van der Waals surface area contributed by atoms with Crippen molar-refractivity contribution in [2.45, 2.75) is 44.8 Å². The van der Waals surface area contributed by atoms with Gasteiger partial charge in [-0.25, -0.2) is 0 Å². The van der Waals surface area contributed by atoms with Crippen LogP contribution >= 0.6 is 0 Å². The number of rotatable bonds is 7. The van der Waals surface area contributed by atoms with Gasteiger partial charge in [-0.05, 0) is 37.8 Å². The summed E-state index contributed by atoms with van der Waals surface area (Å²) >= 11 is 0. The van der Waals surface area contributed by atoms with Gasteiger partial charge < -0.3 is 15.2 Å². The van der Waals surface area contributed by atoms with Crippen LogP contribution in [0.15, 0.2) is 24.3 Å². The lowest BCUT2D eigenvalue weighted by atomic mass is 10.00. The first-order chi connectivity index (χ1) is 10.2. The third-order valence-corrected chi connectivity index (χ3v) is 4.22. The Kier molecular flexibility index (Phi) is 6.04. The third-order valence-electron chi connectivity index (χ3n) is 4.22. The number of ether oxygens (including phenoxy) is 1. The van der Waals surface area contributed by atoms with Gasteiger partial charge in [0.2, 0.25) is 0 Å². The maximum atomic E-state index is 10.00. The summed E-state index contributed by atoms with van der Waals surface area (Å²) in [6.45, 7) is 2.91. The maximum absolute atomic E-state index is 10.00. The predicted molar refractivity (Wildman–Crippen MR) is 82.1 cm³/mol. The summed E-state index contributed by atoms with van der Waals surface area (Å²) in [6.07, 6.45) is 4.66. The highest BCUT2D eigenvalue weighted by Gasteiger charge is 2.21. The lowest BCUT2D eigenvalue weighted by Crippen LogP contribution is -2.39. The molecule has 1 aliphatic rings. The van der Waals surface area contributed by atoms with Crippen molar-refractivity contribution in [3.8, 4) is 11.8 Å². The molecule has 0 radical (unpaired) electrons. The van der Waals surface area contributed by atoms with E-state index in [4.69, 9.17) is 10.00 Å². The number of para-hydroxylation sites is 1. The predicted octanol–water partition coefficient (Wildman–Crippen LogP) is 2.47. The number of hydrogen-bond donors (Lipinski definition) is 2. The summed E-state index contributed by atoms with van der Waals surface area (Å²) in [6, 6.07) is 9.60. The number of nitrogens with one attached hydrogen (secondary N) is 1. The molecule has 0 spiro atoms. The number of nitrogens with zero attached hydrogens (tertiary/aromatic N) is 1. The largest absolute Gasteiger partial charge is 0.489 e. The molecule has 0 amide bonds. The van der Waals surface area contributed by atoms with Crippen molar-refractivity contribution >= 4 is 0 Å². The van der Waals surface area contributed by atoms with E-state index in [-0.39, 0.29) is 6.61 Å². The molecular weight excluding hydrogens is 264 g/mol. The molecule has 2 atom stereocenters. The van der Waals surface area contributed by atoms with E-state index in [9.17, 15) is 5.11 Å². The fraction of sp³-hybridized carbons (Fsp3) is 0.588. The molecule has 1 aromatic carbocycles. The summed E-state index contributed by atoms with van der Waals surface area (Å²) < 4.78 is 5.54. The fourth-order valence-electron chi connectivity index (χ4n) is 2.88. The van der Waals surface area contributed by atoms with Crippen LogP contribution in [-0.2, 0) is 0 Å². The van der Waals surface area contributed by atoms with Crippen molar-refractivity contribution in [1.82, 2.24) is 5.32 Å². The summed E-state index contributed by atoms with van der Waals surface area (Å²) in [7, 11) is 0. The Hall–Kier alpha value is -1.57. The fourth-order valence-corrected chi connectivity index (χ4v) is 2.88. The molecule has 1 fully saturated rings. The Labute approximate surface area is 126 Å². The zero-order valence-electron chi connectivity index (χ0n) is 12.6. The Morgan fingerprint density at radius 2 is 2.10 bits per heavy atom. The number of aliphatic hydroxyl groups is 1. The first-order valence-corrected chi connectivity index (χ1v) is 7.74. The van der Waals surface area contributed by atoms with Gasteiger partial charge in [0.15, 0.2) is 0 Å². The van der Waals surface area contributed by atoms with E-state index in [1.165, 1.54) is 25.7 Å². The van der Waals surface area contributed by atoms with Gasteiger partial charge in [-0.2, -0.15) is 5.26 Å². The molecule has 114 valence electrons. The molecule has 0 aliphatic heterocycles. The van der Waals surface area contributed by atoms with Gasteiger partial charge in [0.25, 0.3) is 0 Å². The van der Waals surface area contributed by atoms with Gasteiger partial charge in [0.1, 0.15) is 24.5 Å². The molecule has 2 N–H and O–H groups in total. The van der Waals surface area contributed by atoms with Crippen molar-refractivity contribution in [1.29, 1.82) is 5.26 Å². The highest BCUT2D eigenvalue weighted by Crippen LogP contribution is 2.27. The highest BCUT2D eigenvalue weighted by atomic mass is 16.5. The minimum Gasteiger partial charge on any atom is -0.489 e. The number of benzene rings is 1. The van der Waals surface area contributed by atoms with Gasteiger partial charge in [0, 0.05) is 12.6 Å². The van der Waals surface area contributed by atoms with Crippen LogP contribution in [0.4, 0.5) is 0 Å². The molecule has 4 heteroatoms. The Morgan fingerprint density at radius 1 is 1.38 bits per heavy atom. The second-order valence-corrected chi connectivity index (χ2v) is 5.81. The van der Waals surface area contributed by atoms with Crippen LogP contribution in [-0.4, -0.2) is 30.4 Å². The number of hydrogen-bond acceptors (Lipinski definition) is 4. The van der Waals surface area contributed by atoms with Crippen molar-refractivity contribution in [3.63, 3.8) is 0 Å². The third kappa shape index (κ3) is 4.73. The van der Waals surface area contributed by atoms with Crippen molar-refractivity contribution in [2.24, 2.45) is 5.92 Å². The molecule has 0 bridgehead atoms. The molecule has 1 aliphatic carbocycles. The monoisotopic (exact) mass is 288 g/mol. The average Bonchev–Trinajstić information content (AvgIpc) is 3.05. The topological polar surface area (TPSA) is 65.3 Å². The van der Waals surface area contributed by atoms with Crippen LogP contribution in [0.1, 0.15) is 38.2 Å². The van der Waals surface area contributed by atoms with E-state index in [0.29, 0.717) is 23.9 Å². The van der Waals surface area contributed by atoms with E-state index in [0.717, 1.165) is 5.92 Å². The van der Waals surface area contributed by atoms with Crippen LogP contribution in [0.3, 0.4) is 0 Å². The lowest BCUT2D eigenvalue weighted by molar-refractivity contribution is 0.101. The summed E-state index contributed by atoms with van der Waals surface area (Å²) in [4.78, 5) is 0. The van der Waals surface area contributed by atoms with Gasteiger partial charge in [-0.1, -0.05) is 25.0 Å². The standard InChI is InChI=1S/C17H24N2O2/c1-13(14-6-2-3-7-14)19-11-16(20)12-21-17-9-5-4-8-15(17)10-18/h4-5,8-9,13-14,16,19-20H,2-3,6-7,11-12H2,1H3/t13-,16?/m0/s1. The van der Waals surface area contributed by atoms with Crippen molar-refractivity contribution in [3.05, 3.63) is 29.8 Å². The molecule has 1 saturated carbocycles. The average molecular weight is 288 g/mol. The van der Waals surface area contributed by atoms with Crippen LogP contribution < -0.4 is 10.1 Å². The summed E-state index contributed by atoms with van der Waals surface area (Å²) in [5, 5.41) is 22.4. The Bertz CT molecular complexity index is 478. The molecule has 1 aromatic rings. The van der Waals surface area contributed by atoms with Crippen LogP contribution in [0.25, 0.3) is 0 Å². The minimum absolute atomic E-state index is 0.197. The minimum atomic E-state index is -0.569. The molecular formula is C17H24N2O2. The molecule has 21 heavy (non-hydrogen) atoms. The van der Waals surface area contributed by atoms with E-state index < -0.39 is 6.10 Å². The number of nitriles is 1. The second kappa shape index (κ2) is 8.02. The smallest absolute Gasteiger partial charge is 0.137 e. The maximum Gasteiger partial charge on any atom is 0.137 e. The Balaban J connectivity index is 1.72. The quantitative estimate of drug-likeness (QED) is 0.809. The Morgan fingerprint density at radius 3 is 2.81 bits per heavy atom. The highest BCUT2D eigenvalue weighted by molar-refractivity contribution is 5.42. The number of aliphatic hydroxyl groups excluding tert-OH is 1. The SMILES string of the molecule is C[C@H](NCC(O)COc1ccccc1C#N)C1CCCC1. The lowest BCUT2D eigenvalue weighted by Gasteiger charge is -2.22. The molecule has 0 aromatic heterocycles. The summed E-state index contributed by atoms with van der Waals surface area (Å²) in [5.41, 5.74) is 0.497. The van der Waals surface area contributed by atoms with Crippen LogP contribution in [0, 0.1) is 17.2 Å². The van der Waals surface area contributed by atoms with Gasteiger partial charge in [0.05, 0.1) is 5.56 Å². The molecule has 2 rings (SSSR count). The van der Waals surface area contributed by atoms with Crippen molar-refractivity contribution in [2.75, 3.05) is 13.2 Å². The zero-order valence-corrected chi connectivity index (χ0v) is 12.6. The van der Waals surface area contributed by atoms with Gasteiger partial charge >= 0.3 is 0 Å².